The number of benzene rings is 1. The van der Waals surface area contributed by atoms with E-state index in [9.17, 15) is 9.90 Å². The van der Waals surface area contributed by atoms with Crippen LogP contribution in [0.5, 0.6) is 5.75 Å². The lowest BCUT2D eigenvalue weighted by atomic mass is 9.89. The van der Waals surface area contributed by atoms with Gasteiger partial charge >= 0.3 is 6.09 Å². The maximum absolute atomic E-state index is 12.7. The number of anilines is 3. The number of phenolic OH excluding ortho intramolecular Hbond substituents is 1. The number of carbonyl (C=O) groups excluding carboxylic acids is 1. The first-order chi connectivity index (χ1) is 22.2. The molecule has 4 aliphatic heterocycles. The van der Waals surface area contributed by atoms with Gasteiger partial charge in [0, 0.05) is 63.3 Å². The largest absolute Gasteiger partial charge is 0.507 e. The van der Waals surface area contributed by atoms with Gasteiger partial charge in [-0.2, -0.15) is 0 Å². The summed E-state index contributed by atoms with van der Waals surface area (Å²) < 4.78 is 5.64. The van der Waals surface area contributed by atoms with Crippen molar-refractivity contribution in [2.75, 3.05) is 67.5 Å². The van der Waals surface area contributed by atoms with Crippen LogP contribution in [0.25, 0.3) is 11.3 Å². The third-order valence-electron chi connectivity index (χ3n) is 9.76. The lowest BCUT2D eigenvalue weighted by Gasteiger charge is -2.45. The fourth-order valence-corrected chi connectivity index (χ4v) is 7.34. The first kappa shape index (κ1) is 30.5. The van der Waals surface area contributed by atoms with E-state index in [0.29, 0.717) is 23.2 Å². The average molecular weight is 628 g/mol. The average Bonchev–Trinajstić information content (AvgIpc) is 3.07. The fourth-order valence-electron chi connectivity index (χ4n) is 7.34. The summed E-state index contributed by atoms with van der Waals surface area (Å²) in [6.45, 7) is 12.5. The molecular formula is C34H45N9O3. The van der Waals surface area contributed by atoms with Gasteiger partial charge in [-0.05, 0) is 89.2 Å². The lowest BCUT2D eigenvalue weighted by Crippen LogP contribution is -2.58. The van der Waals surface area contributed by atoms with Gasteiger partial charge in [0.05, 0.1) is 17.4 Å². The highest BCUT2D eigenvalue weighted by atomic mass is 16.6. The van der Waals surface area contributed by atoms with Crippen LogP contribution in [0.2, 0.25) is 0 Å². The topological polar surface area (TPSA) is 123 Å². The van der Waals surface area contributed by atoms with E-state index in [0.717, 1.165) is 95.5 Å². The summed E-state index contributed by atoms with van der Waals surface area (Å²) in [6, 6.07) is 9.88. The predicted molar refractivity (Wildman–Crippen MR) is 177 cm³/mol. The Hall–Kier alpha value is -4.19. The third-order valence-corrected chi connectivity index (χ3v) is 9.76. The maximum atomic E-state index is 12.7. The minimum absolute atomic E-state index is 0.192. The molecule has 2 atom stereocenters. The minimum atomic E-state index is -0.469. The quantitative estimate of drug-likeness (QED) is 0.430. The first-order valence-corrected chi connectivity index (χ1v) is 16.7. The number of likely N-dealkylation sites (tertiary alicyclic amines) is 2. The molecule has 3 fully saturated rings. The highest BCUT2D eigenvalue weighted by molar-refractivity contribution is 5.76. The Morgan fingerprint density at radius 1 is 0.957 bits per heavy atom. The molecule has 4 aliphatic rings. The Kier molecular flexibility index (Phi) is 8.31. The Morgan fingerprint density at radius 3 is 2.50 bits per heavy atom. The summed E-state index contributed by atoms with van der Waals surface area (Å²) in [5.41, 5.74) is 3.09. The highest BCUT2D eigenvalue weighted by Crippen LogP contribution is 2.37. The van der Waals surface area contributed by atoms with Gasteiger partial charge in [0.1, 0.15) is 11.4 Å². The van der Waals surface area contributed by atoms with E-state index in [4.69, 9.17) is 14.7 Å². The predicted octanol–water partition coefficient (Wildman–Crippen LogP) is 4.34. The number of ether oxygens (including phenoxy) is 1. The summed E-state index contributed by atoms with van der Waals surface area (Å²) >= 11 is 0. The first-order valence-electron chi connectivity index (χ1n) is 16.7. The molecule has 12 nitrogen and oxygen atoms in total. The third kappa shape index (κ3) is 6.40. The fraction of sp³-hybridized carbons (Fsp3) is 0.559. The molecule has 2 N–H and O–H groups in total. The highest BCUT2D eigenvalue weighted by Gasteiger charge is 2.35. The second kappa shape index (κ2) is 12.5. The molecule has 0 spiro atoms. The van der Waals surface area contributed by atoms with E-state index in [-0.39, 0.29) is 17.9 Å². The van der Waals surface area contributed by atoms with Crippen LogP contribution >= 0.6 is 0 Å². The minimum Gasteiger partial charge on any atom is -0.507 e. The molecule has 244 valence electrons. The van der Waals surface area contributed by atoms with Crippen LogP contribution in [-0.4, -0.2) is 111 Å². The van der Waals surface area contributed by atoms with Gasteiger partial charge in [0.2, 0.25) is 5.95 Å². The molecule has 6 heterocycles. The number of hydrogen-bond donors (Lipinski definition) is 2. The molecule has 0 bridgehead atoms. The van der Waals surface area contributed by atoms with Crippen molar-refractivity contribution in [2.45, 2.75) is 70.1 Å². The Morgan fingerprint density at radius 2 is 1.74 bits per heavy atom. The SMILES string of the molecule is CC(C)(C)OC(=O)N1CCCC(N2CCC(c3cnc(N4CCN5c6cc(-c7ccccc7O)nnc6NCC5C4)nc3)CC2)C1. The number of carbonyl (C=O) groups is 1. The van der Waals surface area contributed by atoms with E-state index in [2.05, 4.69) is 30.2 Å². The van der Waals surface area contributed by atoms with Gasteiger partial charge in [-0.25, -0.2) is 14.8 Å². The van der Waals surface area contributed by atoms with Gasteiger partial charge in [0.15, 0.2) is 5.82 Å². The number of piperidine rings is 2. The summed E-state index contributed by atoms with van der Waals surface area (Å²) in [6.07, 6.45) is 8.16. The van der Waals surface area contributed by atoms with Crippen molar-refractivity contribution < 1.29 is 14.6 Å². The maximum Gasteiger partial charge on any atom is 0.410 e. The van der Waals surface area contributed by atoms with Gasteiger partial charge in [-0.1, -0.05) is 12.1 Å². The van der Waals surface area contributed by atoms with Crippen LogP contribution in [0.3, 0.4) is 0 Å². The van der Waals surface area contributed by atoms with Crippen molar-refractivity contribution in [1.29, 1.82) is 0 Å². The summed E-state index contributed by atoms with van der Waals surface area (Å²) in [5.74, 6) is 2.20. The number of aromatic hydroxyl groups is 1. The zero-order valence-corrected chi connectivity index (χ0v) is 27.1. The van der Waals surface area contributed by atoms with Gasteiger partial charge in [-0.15, -0.1) is 10.2 Å². The standard InChI is InChI=1S/C34H45N9O3/c1-34(2,3)46-33(45)42-12-6-7-25(21-42)40-13-10-23(11-14-40)24-18-36-32(37-19-24)41-15-16-43-26(22-41)20-35-31-29(43)17-28(38-39-31)27-8-4-5-9-30(27)44/h4-5,8-9,17-19,23,25-26,44H,6-7,10-16,20-22H2,1-3H3,(H,35,39). The van der Waals surface area contributed by atoms with Gasteiger partial charge in [-0.3, -0.25) is 4.90 Å². The van der Waals surface area contributed by atoms with E-state index in [1.54, 1.807) is 12.1 Å². The van der Waals surface area contributed by atoms with E-state index >= 15 is 0 Å². The number of rotatable bonds is 4. The molecule has 1 amide bonds. The van der Waals surface area contributed by atoms with Crippen molar-refractivity contribution in [3.8, 4) is 17.0 Å². The molecule has 7 rings (SSSR count). The Balaban J connectivity index is 0.939. The summed E-state index contributed by atoms with van der Waals surface area (Å²) in [4.78, 5) is 31.5. The Labute approximate surface area is 270 Å². The zero-order chi connectivity index (χ0) is 31.8. The van der Waals surface area contributed by atoms with Crippen LogP contribution in [0.15, 0.2) is 42.7 Å². The number of amides is 1. The van der Waals surface area contributed by atoms with Crippen LogP contribution in [0.4, 0.5) is 22.2 Å². The smallest absolute Gasteiger partial charge is 0.410 e. The van der Waals surface area contributed by atoms with Crippen molar-refractivity contribution >= 4 is 23.5 Å². The van der Waals surface area contributed by atoms with Crippen molar-refractivity contribution in [1.82, 2.24) is 30.0 Å². The Bertz CT molecular complexity index is 1540. The van der Waals surface area contributed by atoms with Crippen molar-refractivity contribution in [2.24, 2.45) is 0 Å². The normalized spacial score (nSPS) is 22.5. The molecular weight excluding hydrogens is 582 g/mol. The van der Waals surface area contributed by atoms with E-state index in [1.165, 1.54) is 5.56 Å². The van der Waals surface area contributed by atoms with Crippen LogP contribution in [0, 0.1) is 0 Å². The molecule has 2 aromatic heterocycles. The van der Waals surface area contributed by atoms with E-state index < -0.39 is 5.60 Å². The lowest BCUT2D eigenvalue weighted by molar-refractivity contribution is 0.00827. The van der Waals surface area contributed by atoms with E-state index in [1.807, 2.05) is 56.3 Å². The van der Waals surface area contributed by atoms with Crippen molar-refractivity contribution in [3.63, 3.8) is 0 Å². The molecule has 0 aliphatic carbocycles. The number of piperazine rings is 1. The molecule has 2 unspecified atom stereocenters. The summed E-state index contributed by atoms with van der Waals surface area (Å²) in [7, 11) is 0. The molecule has 1 aromatic carbocycles. The number of nitrogens with one attached hydrogen (secondary N) is 1. The van der Waals surface area contributed by atoms with Crippen LogP contribution in [0.1, 0.15) is 57.9 Å². The van der Waals surface area contributed by atoms with Crippen LogP contribution in [-0.2, 0) is 4.74 Å². The zero-order valence-electron chi connectivity index (χ0n) is 27.1. The van der Waals surface area contributed by atoms with Gasteiger partial charge < -0.3 is 29.9 Å². The monoisotopic (exact) mass is 627 g/mol. The van der Waals surface area contributed by atoms with Crippen molar-refractivity contribution in [3.05, 3.63) is 48.3 Å². The number of nitrogens with zero attached hydrogens (tertiary/aromatic N) is 8. The number of phenols is 1. The number of hydrogen-bond acceptors (Lipinski definition) is 11. The second-order valence-corrected chi connectivity index (χ2v) is 14.0. The second-order valence-electron chi connectivity index (χ2n) is 14.0. The molecule has 3 saturated heterocycles. The molecule has 0 saturated carbocycles. The van der Waals surface area contributed by atoms with Gasteiger partial charge in [0.25, 0.3) is 0 Å². The molecule has 12 heteroatoms. The molecule has 3 aromatic rings. The molecule has 0 radical (unpaired) electrons. The molecule has 46 heavy (non-hydrogen) atoms. The summed E-state index contributed by atoms with van der Waals surface area (Å²) in [5, 5.41) is 22.6. The number of aromatic nitrogens is 4. The van der Waals surface area contributed by atoms with Crippen LogP contribution < -0.4 is 15.1 Å². The number of fused-ring (bicyclic) bond motifs is 3. The number of para-hydroxylation sites is 1.